The molecule has 0 N–H and O–H groups in total. The van der Waals surface area contributed by atoms with Crippen molar-refractivity contribution in [3.63, 3.8) is 0 Å². The maximum Gasteiger partial charge on any atom is 0.277 e. The summed E-state index contributed by atoms with van der Waals surface area (Å²) in [5, 5.41) is 0. The van der Waals surface area contributed by atoms with Gasteiger partial charge in [0.05, 0.1) is 12.7 Å². The summed E-state index contributed by atoms with van der Waals surface area (Å²) >= 11 is 0. The molecule has 0 saturated carbocycles. The van der Waals surface area contributed by atoms with E-state index in [1.54, 1.807) is 25.3 Å². The van der Waals surface area contributed by atoms with Crippen molar-refractivity contribution in [3.05, 3.63) is 71.2 Å². The molecule has 2 aliphatic rings. The number of rotatable bonds is 6. The summed E-state index contributed by atoms with van der Waals surface area (Å²) in [6, 6.07) is 13.5. The van der Waals surface area contributed by atoms with Crippen LogP contribution in [0.2, 0.25) is 0 Å². The molecule has 0 radical (unpaired) electrons. The summed E-state index contributed by atoms with van der Waals surface area (Å²) in [5.74, 6) is 0.156. The summed E-state index contributed by atoms with van der Waals surface area (Å²) in [7, 11) is 1.57. The van der Waals surface area contributed by atoms with Gasteiger partial charge in [0.25, 0.3) is 11.8 Å². The van der Waals surface area contributed by atoms with Gasteiger partial charge in [0, 0.05) is 25.2 Å². The molecule has 1 atom stereocenters. The Morgan fingerprint density at radius 2 is 1.81 bits per heavy atom. The van der Waals surface area contributed by atoms with Gasteiger partial charge < -0.3 is 9.64 Å². The van der Waals surface area contributed by atoms with E-state index in [1.165, 1.54) is 17.0 Å². The van der Waals surface area contributed by atoms with Crippen molar-refractivity contribution in [2.75, 3.05) is 26.7 Å². The molecule has 5 nitrogen and oxygen atoms in total. The Morgan fingerprint density at radius 3 is 2.52 bits per heavy atom. The van der Waals surface area contributed by atoms with E-state index in [0.717, 1.165) is 31.5 Å². The molecule has 2 amide bonds. The summed E-state index contributed by atoms with van der Waals surface area (Å²) in [4.78, 5) is 30.4. The number of nitrogens with zero attached hydrogens (tertiary/aromatic N) is 2. The van der Waals surface area contributed by atoms with Crippen LogP contribution in [0.3, 0.4) is 0 Å². The molecule has 6 heteroatoms. The van der Waals surface area contributed by atoms with Gasteiger partial charge in [-0.2, -0.15) is 0 Å². The average molecular weight is 423 g/mol. The van der Waals surface area contributed by atoms with Crippen LogP contribution < -0.4 is 4.74 Å². The van der Waals surface area contributed by atoms with E-state index in [4.69, 9.17) is 4.74 Å². The Morgan fingerprint density at radius 1 is 1.06 bits per heavy atom. The van der Waals surface area contributed by atoms with Crippen molar-refractivity contribution in [1.29, 1.82) is 0 Å². The first-order chi connectivity index (χ1) is 15.0. The molecule has 2 aromatic carbocycles. The van der Waals surface area contributed by atoms with Crippen molar-refractivity contribution in [1.82, 2.24) is 9.80 Å². The third-order valence-electron chi connectivity index (χ3n) is 6.03. The summed E-state index contributed by atoms with van der Waals surface area (Å²) in [6.45, 7) is 3.92. The standard InChI is InChI=1S/C25H27FN2O3/c1-17-6-5-14-27(16-17)23-22(20-7-3-4-8-21(20)31-2)24(29)28(25(23)30)15-13-18-9-11-19(26)12-10-18/h3-4,7-12,17H,5-6,13-16H2,1-2H3. The monoisotopic (exact) mass is 422 g/mol. The highest BCUT2D eigenvalue weighted by Gasteiger charge is 2.42. The summed E-state index contributed by atoms with van der Waals surface area (Å²) in [5.41, 5.74) is 2.40. The third-order valence-corrected chi connectivity index (χ3v) is 6.03. The van der Waals surface area contributed by atoms with Crippen molar-refractivity contribution >= 4 is 17.4 Å². The molecule has 4 rings (SSSR count). The highest BCUT2D eigenvalue weighted by Crippen LogP contribution is 2.37. The first-order valence-electron chi connectivity index (χ1n) is 10.7. The predicted molar refractivity (Wildman–Crippen MR) is 117 cm³/mol. The lowest BCUT2D eigenvalue weighted by molar-refractivity contribution is -0.137. The number of amides is 2. The Balaban J connectivity index is 1.69. The first-order valence-corrected chi connectivity index (χ1v) is 10.7. The van der Waals surface area contributed by atoms with Gasteiger partial charge >= 0.3 is 0 Å². The Labute approximate surface area is 182 Å². The second-order valence-corrected chi connectivity index (χ2v) is 8.26. The molecule has 1 unspecified atom stereocenters. The van der Waals surface area contributed by atoms with Gasteiger partial charge in [-0.25, -0.2) is 4.39 Å². The van der Waals surface area contributed by atoms with Crippen molar-refractivity contribution < 1.29 is 18.7 Å². The molecule has 1 fully saturated rings. The number of benzene rings is 2. The molecule has 2 heterocycles. The normalized spacial score (nSPS) is 19.4. The van der Waals surface area contributed by atoms with E-state index < -0.39 is 0 Å². The van der Waals surface area contributed by atoms with E-state index in [2.05, 4.69) is 11.8 Å². The number of halogens is 1. The van der Waals surface area contributed by atoms with Gasteiger partial charge in [-0.3, -0.25) is 14.5 Å². The fourth-order valence-corrected chi connectivity index (χ4v) is 4.44. The molecule has 1 saturated heterocycles. The van der Waals surface area contributed by atoms with Crippen LogP contribution >= 0.6 is 0 Å². The molecular formula is C25H27FN2O3. The lowest BCUT2D eigenvalue weighted by Crippen LogP contribution is -2.39. The van der Waals surface area contributed by atoms with E-state index in [9.17, 15) is 14.0 Å². The number of hydrogen-bond acceptors (Lipinski definition) is 4. The number of imide groups is 1. The Kier molecular flexibility index (Phi) is 6.07. The Bertz CT molecular complexity index is 1020. The minimum absolute atomic E-state index is 0.245. The number of methoxy groups -OCH3 is 1. The second kappa shape index (κ2) is 8.92. The van der Waals surface area contributed by atoms with Gasteiger partial charge in [-0.15, -0.1) is 0 Å². The van der Waals surface area contributed by atoms with Crippen LogP contribution in [-0.2, 0) is 16.0 Å². The zero-order chi connectivity index (χ0) is 22.0. The number of piperidine rings is 1. The molecule has 162 valence electrons. The van der Waals surface area contributed by atoms with Crippen molar-refractivity contribution in [3.8, 4) is 5.75 Å². The zero-order valence-electron chi connectivity index (χ0n) is 17.9. The fraction of sp³-hybridized carbons (Fsp3) is 0.360. The third kappa shape index (κ3) is 4.20. The van der Waals surface area contributed by atoms with E-state index >= 15 is 0 Å². The number of hydrogen-bond donors (Lipinski definition) is 0. The maximum absolute atomic E-state index is 13.5. The molecule has 0 spiro atoms. The molecule has 0 aromatic heterocycles. The maximum atomic E-state index is 13.5. The number of likely N-dealkylation sites (tertiary alicyclic amines) is 1. The van der Waals surface area contributed by atoms with Crippen LogP contribution in [0.25, 0.3) is 5.57 Å². The van der Waals surface area contributed by atoms with Crippen LogP contribution in [-0.4, -0.2) is 48.4 Å². The van der Waals surface area contributed by atoms with E-state index in [-0.39, 0.29) is 24.2 Å². The Hall–Kier alpha value is -3.15. The van der Waals surface area contributed by atoms with Crippen molar-refractivity contribution in [2.24, 2.45) is 5.92 Å². The van der Waals surface area contributed by atoms with Gasteiger partial charge in [0.2, 0.25) is 0 Å². The predicted octanol–water partition coefficient (Wildman–Crippen LogP) is 3.89. The van der Waals surface area contributed by atoms with Crippen molar-refractivity contribution in [2.45, 2.75) is 26.2 Å². The average Bonchev–Trinajstić information content (AvgIpc) is 3.03. The number of para-hydroxylation sites is 1. The van der Waals surface area contributed by atoms with Crippen LogP contribution in [0.5, 0.6) is 5.75 Å². The molecule has 0 aliphatic carbocycles. The highest BCUT2D eigenvalue weighted by atomic mass is 19.1. The molecule has 0 bridgehead atoms. The molecule has 2 aliphatic heterocycles. The van der Waals surface area contributed by atoms with Crippen LogP contribution in [0.1, 0.15) is 30.9 Å². The highest BCUT2D eigenvalue weighted by molar-refractivity contribution is 6.36. The van der Waals surface area contributed by atoms with Gasteiger partial charge in [0.15, 0.2) is 0 Å². The quantitative estimate of drug-likeness (QED) is 0.663. The van der Waals surface area contributed by atoms with E-state index in [0.29, 0.717) is 34.9 Å². The summed E-state index contributed by atoms with van der Waals surface area (Å²) in [6.07, 6.45) is 2.58. The SMILES string of the molecule is COc1ccccc1C1=C(N2CCCC(C)C2)C(=O)N(CCc2ccc(F)cc2)C1=O. The lowest BCUT2D eigenvalue weighted by atomic mass is 9.97. The van der Waals surface area contributed by atoms with Crippen LogP contribution in [0, 0.1) is 11.7 Å². The van der Waals surface area contributed by atoms with Gasteiger partial charge in [-0.1, -0.05) is 37.3 Å². The molecular weight excluding hydrogens is 395 g/mol. The van der Waals surface area contributed by atoms with Gasteiger partial charge in [-0.05, 0) is 48.9 Å². The number of ether oxygens (including phenoxy) is 1. The van der Waals surface area contributed by atoms with E-state index in [1.807, 2.05) is 18.2 Å². The summed E-state index contributed by atoms with van der Waals surface area (Å²) < 4.78 is 18.7. The number of carbonyl (C=O) groups excluding carboxylic acids is 2. The first kappa shape index (κ1) is 21.1. The second-order valence-electron chi connectivity index (χ2n) is 8.26. The van der Waals surface area contributed by atoms with Crippen LogP contribution in [0.4, 0.5) is 4.39 Å². The van der Waals surface area contributed by atoms with Crippen LogP contribution in [0.15, 0.2) is 54.2 Å². The smallest absolute Gasteiger partial charge is 0.277 e. The zero-order valence-corrected chi connectivity index (χ0v) is 17.9. The minimum Gasteiger partial charge on any atom is -0.496 e. The fourth-order valence-electron chi connectivity index (χ4n) is 4.44. The molecule has 2 aromatic rings. The lowest BCUT2D eigenvalue weighted by Gasteiger charge is -2.33. The minimum atomic E-state index is -0.307. The topological polar surface area (TPSA) is 49.9 Å². The van der Waals surface area contributed by atoms with Gasteiger partial charge in [0.1, 0.15) is 17.3 Å². The molecule has 31 heavy (non-hydrogen) atoms. The largest absolute Gasteiger partial charge is 0.496 e. The number of carbonyl (C=O) groups is 2.